The highest BCUT2D eigenvalue weighted by Gasteiger charge is 2.20. The molecule has 1 aliphatic heterocycles. The van der Waals surface area contributed by atoms with Crippen molar-refractivity contribution >= 4 is 5.95 Å². The van der Waals surface area contributed by atoms with Crippen molar-refractivity contribution in [2.24, 2.45) is 11.7 Å². The first-order valence-corrected chi connectivity index (χ1v) is 6.66. The van der Waals surface area contributed by atoms with Crippen molar-refractivity contribution in [2.75, 3.05) is 37.6 Å². The lowest BCUT2D eigenvalue weighted by molar-refractivity contribution is 0.225. The number of rotatable bonds is 4. The van der Waals surface area contributed by atoms with E-state index in [1.165, 1.54) is 0 Å². The molecular weight excluding hydrogens is 226 g/mol. The van der Waals surface area contributed by atoms with Gasteiger partial charge in [-0.1, -0.05) is 13.8 Å². The molecule has 1 aliphatic rings. The second-order valence-electron chi connectivity index (χ2n) is 5.24. The first kappa shape index (κ1) is 13.2. The zero-order valence-corrected chi connectivity index (χ0v) is 11.3. The van der Waals surface area contributed by atoms with E-state index in [0.717, 1.165) is 38.7 Å². The van der Waals surface area contributed by atoms with E-state index in [9.17, 15) is 0 Å². The standard InChI is InChI=1S/C13H23N5/c1-11(2)12(14)10-17-6-8-18(9-7-17)13-15-4-3-5-16-13/h3-5,11-12H,6-10,14H2,1-2H3. The fourth-order valence-corrected chi connectivity index (χ4v) is 2.09. The monoisotopic (exact) mass is 249 g/mol. The molecule has 2 rings (SSSR count). The van der Waals surface area contributed by atoms with Gasteiger partial charge < -0.3 is 10.6 Å². The number of nitrogens with zero attached hydrogens (tertiary/aromatic N) is 4. The van der Waals surface area contributed by atoms with Crippen molar-refractivity contribution < 1.29 is 0 Å². The van der Waals surface area contributed by atoms with Gasteiger partial charge in [-0.25, -0.2) is 9.97 Å². The Kier molecular flexibility index (Phi) is 4.49. The number of piperazine rings is 1. The van der Waals surface area contributed by atoms with Gasteiger partial charge >= 0.3 is 0 Å². The van der Waals surface area contributed by atoms with E-state index >= 15 is 0 Å². The summed E-state index contributed by atoms with van der Waals surface area (Å²) >= 11 is 0. The predicted molar refractivity (Wildman–Crippen MR) is 73.5 cm³/mol. The third-order valence-corrected chi connectivity index (χ3v) is 3.53. The Balaban J connectivity index is 1.81. The average Bonchev–Trinajstić information content (AvgIpc) is 2.40. The van der Waals surface area contributed by atoms with Crippen molar-refractivity contribution in [1.82, 2.24) is 14.9 Å². The fraction of sp³-hybridized carbons (Fsp3) is 0.692. The molecule has 2 heterocycles. The minimum absolute atomic E-state index is 0.268. The number of aromatic nitrogens is 2. The van der Waals surface area contributed by atoms with Crippen molar-refractivity contribution in [3.8, 4) is 0 Å². The Morgan fingerprint density at radius 1 is 1.17 bits per heavy atom. The molecule has 0 bridgehead atoms. The van der Waals surface area contributed by atoms with Gasteiger partial charge in [-0.3, -0.25) is 4.90 Å². The van der Waals surface area contributed by atoms with Gasteiger partial charge in [-0.2, -0.15) is 0 Å². The van der Waals surface area contributed by atoms with Crippen LogP contribution in [0.2, 0.25) is 0 Å². The summed E-state index contributed by atoms with van der Waals surface area (Å²) in [6, 6.07) is 2.12. The molecule has 0 radical (unpaired) electrons. The molecule has 100 valence electrons. The van der Waals surface area contributed by atoms with E-state index in [-0.39, 0.29) is 6.04 Å². The Morgan fingerprint density at radius 3 is 2.33 bits per heavy atom. The number of hydrogen-bond acceptors (Lipinski definition) is 5. The van der Waals surface area contributed by atoms with Gasteiger partial charge in [0.05, 0.1) is 0 Å². The van der Waals surface area contributed by atoms with Gasteiger partial charge in [0, 0.05) is 51.2 Å². The molecule has 0 amide bonds. The van der Waals surface area contributed by atoms with Crippen molar-refractivity contribution in [3.05, 3.63) is 18.5 Å². The van der Waals surface area contributed by atoms with Crippen molar-refractivity contribution in [2.45, 2.75) is 19.9 Å². The third kappa shape index (κ3) is 3.40. The van der Waals surface area contributed by atoms with E-state index in [4.69, 9.17) is 5.73 Å². The topological polar surface area (TPSA) is 58.3 Å². The summed E-state index contributed by atoms with van der Waals surface area (Å²) < 4.78 is 0. The summed E-state index contributed by atoms with van der Waals surface area (Å²) in [7, 11) is 0. The molecule has 1 aromatic heterocycles. The molecule has 0 spiro atoms. The number of hydrogen-bond donors (Lipinski definition) is 1. The fourth-order valence-electron chi connectivity index (χ4n) is 2.09. The highest BCUT2D eigenvalue weighted by molar-refractivity contribution is 5.29. The van der Waals surface area contributed by atoms with Crippen LogP contribution in [0.4, 0.5) is 5.95 Å². The van der Waals surface area contributed by atoms with E-state index in [2.05, 4.69) is 33.6 Å². The molecule has 2 N–H and O–H groups in total. The van der Waals surface area contributed by atoms with Crippen LogP contribution in [0.25, 0.3) is 0 Å². The van der Waals surface area contributed by atoms with Gasteiger partial charge in [0.1, 0.15) is 0 Å². The van der Waals surface area contributed by atoms with E-state index in [1.807, 2.05) is 6.07 Å². The lowest BCUT2D eigenvalue weighted by Crippen LogP contribution is -2.51. The molecule has 1 fully saturated rings. The Labute approximate surface area is 109 Å². The SMILES string of the molecule is CC(C)C(N)CN1CCN(c2ncccn2)CC1. The zero-order chi connectivity index (χ0) is 13.0. The smallest absolute Gasteiger partial charge is 0.225 e. The van der Waals surface area contributed by atoms with Crippen LogP contribution in [0, 0.1) is 5.92 Å². The average molecular weight is 249 g/mol. The summed E-state index contributed by atoms with van der Waals surface area (Å²) in [6.45, 7) is 9.39. The van der Waals surface area contributed by atoms with Crippen LogP contribution in [0.5, 0.6) is 0 Å². The van der Waals surface area contributed by atoms with Crippen LogP contribution in [0.15, 0.2) is 18.5 Å². The quantitative estimate of drug-likeness (QED) is 0.846. The van der Waals surface area contributed by atoms with Gasteiger partial charge in [-0.05, 0) is 12.0 Å². The molecule has 5 nitrogen and oxygen atoms in total. The largest absolute Gasteiger partial charge is 0.338 e. The molecule has 5 heteroatoms. The number of anilines is 1. The second-order valence-corrected chi connectivity index (χ2v) is 5.24. The van der Waals surface area contributed by atoms with Gasteiger partial charge in [0.25, 0.3) is 0 Å². The van der Waals surface area contributed by atoms with E-state index < -0.39 is 0 Å². The van der Waals surface area contributed by atoms with Crippen LogP contribution in [0.1, 0.15) is 13.8 Å². The van der Waals surface area contributed by atoms with E-state index in [0.29, 0.717) is 5.92 Å². The molecule has 1 atom stereocenters. The molecule has 18 heavy (non-hydrogen) atoms. The number of nitrogens with two attached hydrogens (primary N) is 1. The minimum atomic E-state index is 0.268. The molecule has 1 unspecified atom stereocenters. The summed E-state index contributed by atoms with van der Waals surface area (Å²) in [4.78, 5) is 13.2. The summed E-state index contributed by atoms with van der Waals surface area (Å²) in [5.74, 6) is 1.38. The maximum Gasteiger partial charge on any atom is 0.225 e. The van der Waals surface area contributed by atoms with Gasteiger partial charge in [0.2, 0.25) is 5.95 Å². The molecule has 0 saturated carbocycles. The Hall–Kier alpha value is -1.20. The first-order valence-electron chi connectivity index (χ1n) is 6.66. The highest BCUT2D eigenvalue weighted by Crippen LogP contribution is 2.10. The van der Waals surface area contributed by atoms with E-state index in [1.54, 1.807) is 12.4 Å². The molecule has 1 saturated heterocycles. The molecular formula is C13H23N5. The minimum Gasteiger partial charge on any atom is -0.338 e. The molecule has 1 aromatic rings. The maximum absolute atomic E-state index is 6.11. The third-order valence-electron chi connectivity index (χ3n) is 3.53. The summed E-state index contributed by atoms with van der Waals surface area (Å²) in [6.07, 6.45) is 3.59. The summed E-state index contributed by atoms with van der Waals surface area (Å²) in [5.41, 5.74) is 6.11. The van der Waals surface area contributed by atoms with Gasteiger partial charge in [0.15, 0.2) is 0 Å². The van der Waals surface area contributed by atoms with Crippen LogP contribution in [0.3, 0.4) is 0 Å². The lowest BCUT2D eigenvalue weighted by Gasteiger charge is -2.36. The lowest BCUT2D eigenvalue weighted by atomic mass is 10.0. The van der Waals surface area contributed by atoms with Crippen LogP contribution in [-0.2, 0) is 0 Å². The van der Waals surface area contributed by atoms with Crippen LogP contribution in [-0.4, -0.2) is 53.6 Å². The highest BCUT2D eigenvalue weighted by atomic mass is 15.3. The summed E-state index contributed by atoms with van der Waals surface area (Å²) in [5, 5.41) is 0. The van der Waals surface area contributed by atoms with Crippen LogP contribution < -0.4 is 10.6 Å². The van der Waals surface area contributed by atoms with Crippen LogP contribution >= 0.6 is 0 Å². The Bertz CT molecular complexity index is 346. The van der Waals surface area contributed by atoms with Crippen molar-refractivity contribution in [3.63, 3.8) is 0 Å². The first-order chi connectivity index (χ1) is 8.66. The second kappa shape index (κ2) is 6.11. The normalized spacial score (nSPS) is 19.2. The predicted octanol–water partition coefficient (Wildman–Crippen LogP) is 0.582. The molecule has 0 aromatic carbocycles. The van der Waals surface area contributed by atoms with Gasteiger partial charge in [-0.15, -0.1) is 0 Å². The zero-order valence-electron chi connectivity index (χ0n) is 11.3. The molecule has 0 aliphatic carbocycles. The van der Waals surface area contributed by atoms with Crippen molar-refractivity contribution in [1.29, 1.82) is 0 Å². The maximum atomic E-state index is 6.11. The Morgan fingerprint density at radius 2 is 1.78 bits per heavy atom.